The van der Waals surface area contributed by atoms with E-state index in [1.165, 1.54) is 32.4 Å². The van der Waals surface area contributed by atoms with Gasteiger partial charge in [0, 0.05) is 0 Å². The molecule has 0 atom stereocenters. The number of benzene rings is 2. The maximum atomic E-state index is 11.5. The summed E-state index contributed by atoms with van der Waals surface area (Å²) in [4.78, 5) is 22.6. The molecule has 0 unspecified atom stereocenters. The van der Waals surface area contributed by atoms with Crippen LogP contribution in [0.15, 0.2) is 42.5 Å². The van der Waals surface area contributed by atoms with Gasteiger partial charge in [-0.15, -0.1) is 0 Å². The van der Waals surface area contributed by atoms with Gasteiger partial charge in [0.25, 0.3) is 0 Å². The second-order valence-corrected chi connectivity index (χ2v) is 4.29. The lowest BCUT2D eigenvalue weighted by Crippen LogP contribution is -2.02. The van der Waals surface area contributed by atoms with Crippen molar-refractivity contribution in [2.24, 2.45) is 0 Å². The minimum absolute atomic E-state index is 0.0101. The summed E-state index contributed by atoms with van der Waals surface area (Å²) >= 11 is 0. The summed E-state index contributed by atoms with van der Waals surface area (Å²) in [5.41, 5.74) is 0.330. The van der Waals surface area contributed by atoms with Crippen LogP contribution in [0.2, 0.25) is 0 Å². The molecule has 0 saturated carbocycles. The summed E-state index contributed by atoms with van der Waals surface area (Å²) < 4.78 is 15.2. The van der Waals surface area contributed by atoms with E-state index in [-0.39, 0.29) is 11.3 Å². The van der Waals surface area contributed by atoms with Crippen molar-refractivity contribution < 1.29 is 28.9 Å². The van der Waals surface area contributed by atoms with Gasteiger partial charge in [0.1, 0.15) is 22.8 Å². The predicted molar refractivity (Wildman–Crippen MR) is 77.8 cm³/mol. The Morgan fingerprint density at radius 2 is 1.73 bits per heavy atom. The largest absolute Gasteiger partial charge is 0.496 e. The van der Waals surface area contributed by atoms with Crippen molar-refractivity contribution in [3.05, 3.63) is 53.6 Å². The molecular formula is C16H14O6. The zero-order chi connectivity index (χ0) is 16.1. The first-order valence-electron chi connectivity index (χ1n) is 6.32. The van der Waals surface area contributed by atoms with Crippen LogP contribution in [0.1, 0.15) is 20.7 Å². The highest BCUT2D eigenvalue weighted by molar-refractivity contribution is 5.91. The molecule has 0 aliphatic rings. The molecule has 0 saturated heterocycles. The fourth-order valence-electron chi connectivity index (χ4n) is 1.86. The monoisotopic (exact) mass is 302 g/mol. The number of carbonyl (C=O) groups excluding carboxylic acids is 1. The van der Waals surface area contributed by atoms with Crippen LogP contribution < -0.4 is 9.47 Å². The number of hydrogen-bond acceptors (Lipinski definition) is 5. The van der Waals surface area contributed by atoms with Crippen molar-refractivity contribution in [2.45, 2.75) is 0 Å². The standard InChI is InChI=1S/C16H14O6/c1-20-14-7-6-12(9-13(14)15(17)18)22-11-5-3-4-10(8-11)16(19)21-2/h3-9H,1-2H3,(H,17,18). The topological polar surface area (TPSA) is 82.1 Å². The molecule has 6 nitrogen and oxygen atoms in total. The van der Waals surface area contributed by atoms with Crippen LogP contribution >= 0.6 is 0 Å². The van der Waals surface area contributed by atoms with E-state index < -0.39 is 11.9 Å². The molecule has 114 valence electrons. The third kappa shape index (κ3) is 3.35. The van der Waals surface area contributed by atoms with Crippen LogP contribution in [-0.2, 0) is 4.74 Å². The fourth-order valence-corrected chi connectivity index (χ4v) is 1.86. The lowest BCUT2D eigenvalue weighted by atomic mass is 10.2. The Balaban J connectivity index is 2.29. The van der Waals surface area contributed by atoms with Crippen molar-refractivity contribution in [1.29, 1.82) is 0 Å². The highest BCUT2D eigenvalue weighted by Gasteiger charge is 2.13. The summed E-state index contributed by atoms with van der Waals surface area (Å²) in [5.74, 6) is -0.648. The predicted octanol–water partition coefficient (Wildman–Crippen LogP) is 2.97. The number of methoxy groups -OCH3 is 2. The number of hydrogen-bond donors (Lipinski definition) is 1. The minimum Gasteiger partial charge on any atom is -0.496 e. The number of carbonyl (C=O) groups is 2. The van der Waals surface area contributed by atoms with Crippen LogP contribution in [0.4, 0.5) is 0 Å². The number of carboxylic acids is 1. The second-order valence-electron chi connectivity index (χ2n) is 4.29. The number of ether oxygens (including phenoxy) is 3. The van der Waals surface area contributed by atoms with Gasteiger partial charge in [0.05, 0.1) is 19.8 Å². The highest BCUT2D eigenvalue weighted by atomic mass is 16.5. The molecule has 0 aromatic heterocycles. The molecule has 2 aromatic carbocycles. The molecule has 1 N–H and O–H groups in total. The molecule has 2 aromatic rings. The molecule has 6 heteroatoms. The fraction of sp³-hybridized carbons (Fsp3) is 0.125. The Morgan fingerprint density at radius 1 is 1.00 bits per heavy atom. The van der Waals surface area contributed by atoms with Gasteiger partial charge >= 0.3 is 11.9 Å². The van der Waals surface area contributed by atoms with Crippen LogP contribution in [0.25, 0.3) is 0 Å². The number of rotatable bonds is 5. The molecule has 22 heavy (non-hydrogen) atoms. The summed E-state index contributed by atoms with van der Waals surface area (Å²) in [5, 5.41) is 9.14. The van der Waals surface area contributed by atoms with Crippen molar-refractivity contribution in [3.63, 3.8) is 0 Å². The van der Waals surface area contributed by atoms with Gasteiger partial charge < -0.3 is 19.3 Å². The molecular weight excluding hydrogens is 288 g/mol. The van der Waals surface area contributed by atoms with Crippen LogP contribution in [0.5, 0.6) is 17.2 Å². The zero-order valence-corrected chi connectivity index (χ0v) is 12.0. The highest BCUT2D eigenvalue weighted by Crippen LogP contribution is 2.28. The molecule has 0 bridgehead atoms. The summed E-state index contributed by atoms with van der Waals surface area (Å²) in [6.07, 6.45) is 0. The molecule has 0 radical (unpaired) electrons. The van der Waals surface area contributed by atoms with Crippen molar-refractivity contribution >= 4 is 11.9 Å². The number of esters is 1. The Bertz CT molecular complexity index is 708. The van der Waals surface area contributed by atoms with E-state index in [9.17, 15) is 9.59 Å². The van der Waals surface area contributed by atoms with E-state index >= 15 is 0 Å². The maximum Gasteiger partial charge on any atom is 0.339 e. The van der Waals surface area contributed by atoms with E-state index in [1.807, 2.05) is 0 Å². The molecule has 0 aliphatic heterocycles. The summed E-state index contributed by atoms with van der Waals surface area (Å²) in [7, 11) is 2.68. The quantitative estimate of drug-likeness (QED) is 0.855. The van der Waals surface area contributed by atoms with E-state index in [0.29, 0.717) is 17.1 Å². The van der Waals surface area contributed by atoms with Gasteiger partial charge in [0.15, 0.2) is 0 Å². The normalized spacial score (nSPS) is 9.91. The van der Waals surface area contributed by atoms with Gasteiger partial charge in [0.2, 0.25) is 0 Å². The van der Waals surface area contributed by atoms with Crippen molar-refractivity contribution in [3.8, 4) is 17.2 Å². The van der Waals surface area contributed by atoms with Crippen molar-refractivity contribution in [1.82, 2.24) is 0 Å². The van der Waals surface area contributed by atoms with Gasteiger partial charge in [-0.2, -0.15) is 0 Å². The Hall–Kier alpha value is -3.02. The smallest absolute Gasteiger partial charge is 0.339 e. The van der Waals surface area contributed by atoms with Gasteiger partial charge in [-0.3, -0.25) is 0 Å². The third-order valence-electron chi connectivity index (χ3n) is 2.89. The first-order chi connectivity index (χ1) is 10.5. The Kier molecular flexibility index (Phi) is 4.63. The van der Waals surface area contributed by atoms with Crippen LogP contribution in [0, 0.1) is 0 Å². The average Bonchev–Trinajstić information content (AvgIpc) is 2.54. The molecule has 2 rings (SSSR count). The Morgan fingerprint density at radius 3 is 2.36 bits per heavy atom. The van der Waals surface area contributed by atoms with Crippen molar-refractivity contribution in [2.75, 3.05) is 14.2 Å². The lowest BCUT2D eigenvalue weighted by molar-refractivity contribution is 0.0599. The zero-order valence-electron chi connectivity index (χ0n) is 12.0. The second kappa shape index (κ2) is 6.62. The van der Waals surface area contributed by atoms with E-state index in [0.717, 1.165) is 0 Å². The maximum absolute atomic E-state index is 11.5. The summed E-state index contributed by atoms with van der Waals surface area (Å²) in [6, 6.07) is 10.8. The van der Waals surface area contributed by atoms with Gasteiger partial charge in [-0.05, 0) is 36.4 Å². The van der Waals surface area contributed by atoms with Gasteiger partial charge in [-0.1, -0.05) is 6.07 Å². The molecule has 0 amide bonds. The number of carboxylic acid groups (broad SMARTS) is 1. The van der Waals surface area contributed by atoms with Crippen LogP contribution in [0.3, 0.4) is 0 Å². The van der Waals surface area contributed by atoms with Crippen LogP contribution in [-0.4, -0.2) is 31.3 Å². The lowest BCUT2D eigenvalue weighted by Gasteiger charge is -2.10. The minimum atomic E-state index is -1.12. The van der Waals surface area contributed by atoms with E-state index in [2.05, 4.69) is 4.74 Å². The SMILES string of the molecule is COC(=O)c1cccc(Oc2ccc(OC)c(C(=O)O)c2)c1. The molecule has 0 heterocycles. The number of aromatic carboxylic acids is 1. The van der Waals surface area contributed by atoms with E-state index in [4.69, 9.17) is 14.6 Å². The first-order valence-corrected chi connectivity index (χ1v) is 6.32. The molecule has 0 spiro atoms. The molecule has 0 aliphatic carbocycles. The van der Waals surface area contributed by atoms with Gasteiger partial charge in [-0.25, -0.2) is 9.59 Å². The first kappa shape index (κ1) is 15.4. The third-order valence-corrected chi connectivity index (χ3v) is 2.89. The summed E-state index contributed by atoms with van der Waals surface area (Å²) in [6.45, 7) is 0. The molecule has 0 fully saturated rings. The van der Waals surface area contributed by atoms with E-state index in [1.54, 1.807) is 24.3 Å². The Labute approximate surface area is 126 Å². The average molecular weight is 302 g/mol.